The van der Waals surface area contributed by atoms with Gasteiger partial charge in [-0.15, -0.1) is 24.0 Å². The van der Waals surface area contributed by atoms with Crippen LogP contribution in [-0.4, -0.2) is 21.4 Å². The van der Waals surface area contributed by atoms with Crippen LogP contribution in [0.3, 0.4) is 0 Å². The minimum atomic E-state index is -3.71. The third-order valence-corrected chi connectivity index (χ3v) is 4.41. The molecule has 6 nitrogen and oxygen atoms in total. The SMILES string of the molecule is CN=C(NCc1cccc(Cl)c1)NCc1cccc(S(N)(=O)=O)c1.I. The molecule has 0 aliphatic rings. The van der Waals surface area contributed by atoms with Gasteiger partial charge in [0.2, 0.25) is 10.0 Å². The van der Waals surface area contributed by atoms with Gasteiger partial charge in [0.1, 0.15) is 0 Å². The van der Waals surface area contributed by atoms with Crippen LogP contribution in [0.15, 0.2) is 58.4 Å². The van der Waals surface area contributed by atoms with Gasteiger partial charge in [-0.05, 0) is 35.4 Å². The van der Waals surface area contributed by atoms with Gasteiger partial charge in [-0.25, -0.2) is 13.6 Å². The summed E-state index contributed by atoms with van der Waals surface area (Å²) in [7, 11) is -2.05. The number of primary sulfonamides is 1. The number of sulfonamides is 1. The highest BCUT2D eigenvalue weighted by atomic mass is 127. The Hall–Kier alpha value is -1.36. The fourth-order valence-corrected chi connectivity index (χ4v) is 2.87. The molecule has 2 aromatic carbocycles. The lowest BCUT2D eigenvalue weighted by Gasteiger charge is -2.12. The van der Waals surface area contributed by atoms with Crippen molar-refractivity contribution >= 4 is 51.6 Å². The summed E-state index contributed by atoms with van der Waals surface area (Å²) in [5.74, 6) is 0.594. The first-order valence-corrected chi connectivity index (χ1v) is 9.11. The Morgan fingerprint density at radius 1 is 1.08 bits per heavy atom. The molecule has 0 bridgehead atoms. The molecule has 0 fully saturated rings. The zero-order chi connectivity index (χ0) is 17.6. The van der Waals surface area contributed by atoms with Crippen molar-refractivity contribution in [1.29, 1.82) is 0 Å². The van der Waals surface area contributed by atoms with Crippen LogP contribution in [0.4, 0.5) is 0 Å². The maximum Gasteiger partial charge on any atom is 0.238 e. The lowest BCUT2D eigenvalue weighted by Crippen LogP contribution is -2.36. The van der Waals surface area contributed by atoms with Crippen molar-refractivity contribution in [2.45, 2.75) is 18.0 Å². The summed E-state index contributed by atoms with van der Waals surface area (Å²) in [5.41, 5.74) is 1.81. The Morgan fingerprint density at radius 2 is 1.64 bits per heavy atom. The van der Waals surface area contributed by atoms with E-state index in [0.717, 1.165) is 11.1 Å². The molecule has 0 unspecified atom stereocenters. The molecule has 25 heavy (non-hydrogen) atoms. The molecular formula is C16H20ClIN4O2S. The Labute approximate surface area is 169 Å². The van der Waals surface area contributed by atoms with E-state index in [2.05, 4.69) is 15.6 Å². The van der Waals surface area contributed by atoms with Crippen molar-refractivity contribution in [2.24, 2.45) is 10.1 Å². The van der Waals surface area contributed by atoms with Crippen molar-refractivity contribution in [3.8, 4) is 0 Å². The Morgan fingerprint density at radius 3 is 2.16 bits per heavy atom. The van der Waals surface area contributed by atoms with Crippen LogP contribution in [-0.2, 0) is 23.1 Å². The summed E-state index contributed by atoms with van der Waals surface area (Å²) in [4.78, 5) is 4.22. The molecule has 0 aromatic heterocycles. The van der Waals surface area contributed by atoms with Crippen molar-refractivity contribution < 1.29 is 8.42 Å². The van der Waals surface area contributed by atoms with E-state index in [0.29, 0.717) is 24.1 Å². The summed E-state index contributed by atoms with van der Waals surface area (Å²) in [6.45, 7) is 0.982. The van der Waals surface area contributed by atoms with Gasteiger partial charge in [-0.2, -0.15) is 0 Å². The monoisotopic (exact) mass is 494 g/mol. The third kappa shape index (κ3) is 7.18. The standard InChI is InChI=1S/C16H19ClN4O2S.HI/c1-19-16(20-10-12-4-2-6-14(17)8-12)21-11-13-5-3-7-15(9-13)24(18,22)23;/h2-9H,10-11H2,1H3,(H2,18,22,23)(H2,19,20,21);1H. The van der Waals surface area contributed by atoms with E-state index in [9.17, 15) is 8.42 Å². The molecule has 0 aliphatic heterocycles. The maximum absolute atomic E-state index is 11.4. The van der Waals surface area contributed by atoms with Crippen LogP contribution in [0.1, 0.15) is 11.1 Å². The maximum atomic E-state index is 11.4. The van der Waals surface area contributed by atoms with Crippen LogP contribution in [0.25, 0.3) is 0 Å². The first-order chi connectivity index (χ1) is 11.4. The van der Waals surface area contributed by atoms with E-state index in [4.69, 9.17) is 16.7 Å². The van der Waals surface area contributed by atoms with Gasteiger partial charge in [0.25, 0.3) is 0 Å². The Kier molecular flexibility index (Phi) is 8.63. The summed E-state index contributed by atoms with van der Waals surface area (Å²) in [6.07, 6.45) is 0. The number of guanidine groups is 1. The number of hydrogen-bond acceptors (Lipinski definition) is 3. The predicted octanol–water partition coefficient (Wildman–Crippen LogP) is 2.47. The molecule has 0 atom stereocenters. The molecule has 2 rings (SSSR count). The van der Waals surface area contributed by atoms with Crippen LogP contribution in [0.2, 0.25) is 5.02 Å². The summed E-state index contributed by atoms with van der Waals surface area (Å²) < 4.78 is 22.8. The van der Waals surface area contributed by atoms with E-state index in [1.54, 1.807) is 13.1 Å². The number of nitrogens with one attached hydrogen (secondary N) is 2. The largest absolute Gasteiger partial charge is 0.352 e. The normalized spacial score (nSPS) is 11.6. The molecule has 136 valence electrons. The lowest BCUT2D eigenvalue weighted by molar-refractivity contribution is 0.597. The van der Waals surface area contributed by atoms with Crippen LogP contribution >= 0.6 is 35.6 Å². The first-order valence-electron chi connectivity index (χ1n) is 7.19. The van der Waals surface area contributed by atoms with E-state index in [1.165, 1.54) is 12.1 Å². The zero-order valence-electron chi connectivity index (χ0n) is 13.6. The molecule has 0 saturated carbocycles. The molecule has 0 heterocycles. The van der Waals surface area contributed by atoms with Crippen molar-refractivity contribution in [3.05, 3.63) is 64.7 Å². The quantitative estimate of drug-likeness (QED) is 0.338. The number of nitrogens with zero attached hydrogens (tertiary/aromatic N) is 1. The Bertz CT molecular complexity index is 844. The topological polar surface area (TPSA) is 96.6 Å². The zero-order valence-corrected chi connectivity index (χ0v) is 17.5. The number of hydrogen-bond donors (Lipinski definition) is 3. The summed E-state index contributed by atoms with van der Waals surface area (Å²) in [5, 5.41) is 12.1. The van der Waals surface area contributed by atoms with Gasteiger partial charge in [0.05, 0.1) is 4.90 Å². The molecule has 0 aliphatic carbocycles. The number of nitrogens with two attached hydrogens (primary N) is 1. The van der Waals surface area contributed by atoms with Crippen molar-refractivity contribution in [2.75, 3.05) is 7.05 Å². The molecular weight excluding hydrogens is 475 g/mol. The van der Waals surface area contributed by atoms with Crippen LogP contribution in [0.5, 0.6) is 0 Å². The van der Waals surface area contributed by atoms with E-state index in [1.807, 2.05) is 30.3 Å². The molecule has 0 amide bonds. The number of benzene rings is 2. The number of halogens is 2. The molecule has 4 N–H and O–H groups in total. The molecule has 0 radical (unpaired) electrons. The lowest BCUT2D eigenvalue weighted by atomic mass is 10.2. The second kappa shape index (κ2) is 9.95. The van der Waals surface area contributed by atoms with Gasteiger partial charge < -0.3 is 10.6 Å². The smallest absolute Gasteiger partial charge is 0.238 e. The van der Waals surface area contributed by atoms with Gasteiger partial charge in [-0.3, -0.25) is 4.99 Å². The van der Waals surface area contributed by atoms with Crippen molar-refractivity contribution in [3.63, 3.8) is 0 Å². The average molecular weight is 495 g/mol. The minimum absolute atomic E-state index is 0. The van der Waals surface area contributed by atoms with Crippen molar-refractivity contribution in [1.82, 2.24) is 10.6 Å². The van der Waals surface area contributed by atoms with E-state index < -0.39 is 10.0 Å². The fraction of sp³-hybridized carbons (Fsp3) is 0.188. The summed E-state index contributed by atoms with van der Waals surface area (Å²) in [6, 6.07) is 14.0. The molecule has 9 heteroatoms. The molecule has 2 aromatic rings. The second-order valence-corrected chi connectivity index (χ2v) is 7.10. The predicted molar refractivity (Wildman–Crippen MR) is 112 cm³/mol. The van der Waals surface area contributed by atoms with Gasteiger partial charge in [0.15, 0.2) is 5.96 Å². The van der Waals surface area contributed by atoms with Crippen LogP contribution < -0.4 is 15.8 Å². The minimum Gasteiger partial charge on any atom is -0.352 e. The second-order valence-electron chi connectivity index (χ2n) is 5.10. The highest BCUT2D eigenvalue weighted by Crippen LogP contribution is 2.11. The van der Waals surface area contributed by atoms with Gasteiger partial charge >= 0.3 is 0 Å². The third-order valence-electron chi connectivity index (χ3n) is 3.26. The number of aliphatic imine (C=N–C) groups is 1. The highest BCUT2D eigenvalue weighted by molar-refractivity contribution is 14.0. The number of rotatable bonds is 5. The van der Waals surface area contributed by atoms with Gasteiger partial charge in [0, 0.05) is 25.2 Å². The molecule has 0 saturated heterocycles. The van der Waals surface area contributed by atoms with Gasteiger partial charge in [-0.1, -0.05) is 35.9 Å². The van der Waals surface area contributed by atoms with E-state index in [-0.39, 0.29) is 28.9 Å². The fourth-order valence-electron chi connectivity index (χ4n) is 2.07. The summed E-state index contributed by atoms with van der Waals surface area (Å²) >= 11 is 5.95. The molecule has 0 spiro atoms. The first kappa shape index (κ1) is 21.7. The highest BCUT2D eigenvalue weighted by Gasteiger charge is 2.08. The average Bonchev–Trinajstić information content (AvgIpc) is 2.54. The van der Waals surface area contributed by atoms with Crippen LogP contribution in [0, 0.1) is 0 Å². The van der Waals surface area contributed by atoms with E-state index >= 15 is 0 Å². The Balaban J connectivity index is 0.00000312.